The number of rotatable bonds is 12. The molecule has 130 valence electrons. The van der Waals surface area contributed by atoms with Crippen LogP contribution in [0.3, 0.4) is 0 Å². The molecule has 0 aromatic heterocycles. The summed E-state index contributed by atoms with van der Waals surface area (Å²) in [4.78, 5) is 0. The van der Waals surface area contributed by atoms with Crippen molar-refractivity contribution in [2.45, 2.75) is 65.2 Å². The second-order valence-corrected chi connectivity index (χ2v) is 5.85. The van der Waals surface area contributed by atoms with Gasteiger partial charge >= 0.3 is 0 Å². The zero-order valence-electron chi connectivity index (χ0n) is 14.9. The monoisotopic (exact) mass is 328 g/mol. The van der Waals surface area contributed by atoms with E-state index in [0.717, 1.165) is 25.7 Å². The normalized spacial score (nSPS) is 10.0. The molecule has 1 rings (SSSR count). The third-order valence-electron chi connectivity index (χ3n) is 3.86. The Hall–Kier alpha value is -2.20. The Bertz CT molecular complexity index is 519. The van der Waals surface area contributed by atoms with Crippen LogP contribution in [0.1, 0.15) is 76.3 Å². The minimum absolute atomic E-state index is 0.277. The molecule has 0 unspecified atom stereocenters. The standard InChI is InChI=1S/C20H28N2O2/c1-3-5-7-9-13-23-19-11-12-20(18(16-22)17(19)15-21)24-14-10-8-6-4-2/h11-12H,3-10,13-14H2,1-2H3. The molecule has 0 aliphatic heterocycles. The van der Waals surface area contributed by atoms with Crippen molar-refractivity contribution >= 4 is 0 Å². The van der Waals surface area contributed by atoms with Gasteiger partial charge in [0.05, 0.1) is 13.2 Å². The summed E-state index contributed by atoms with van der Waals surface area (Å²) in [6.45, 7) is 5.46. The zero-order chi connectivity index (χ0) is 17.6. The summed E-state index contributed by atoms with van der Waals surface area (Å²) in [5, 5.41) is 18.8. The highest BCUT2D eigenvalue weighted by molar-refractivity contribution is 5.60. The van der Waals surface area contributed by atoms with E-state index in [9.17, 15) is 10.5 Å². The van der Waals surface area contributed by atoms with E-state index < -0.39 is 0 Å². The van der Waals surface area contributed by atoms with Gasteiger partial charge in [0.25, 0.3) is 0 Å². The van der Waals surface area contributed by atoms with E-state index in [1.54, 1.807) is 12.1 Å². The van der Waals surface area contributed by atoms with Crippen molar-refractivity contribution in [3.05, 3.63) is 23.3 Å². The number of hydrogen-bond donors (Lipinski definition) is 0. The topological polar surface area (TPSA) is 66.0 Å². The maximum atomic E-state index is 9.40. The molecule has 0 saturated carbocycles. The van der Waals surface area contributed by atoms with Gasteiger partial charge in [0.2, 0.25) is 0 Å². The van der Waals surface area contributed by atoms with Crippen molar-refractivity contribution in [2.75, 3.05) is 13.2 Å². The molecular formula is C20H28N2O2. The number of hydrogen-bond acceptors (Lipinski definition) is 4. The van der Waals surface area contributed by atoms with Crippen molar-refractivity contribution in [3.8, 4) is 23.6 Å². The van der Waals surface area contributed by atoms with Crippen molar-refractivity contribution in [2.24, 2.45) is 0 Å². The maximum Gasteiger partial charge on any atom is 0.138 e. The minimum Gasteiger partial charge on any atom is -0.492 e. The molecule has 1 aromatic rings. The Labute approximate surface area is 146 Å². The summed E-state index contributed by atoms with van der Waals surface area (Å²) in [6.07, 6.45) is 8.85. The van der Waals surface area contributed by atoms with E-state index in [4.69, 9.17) is 9.47 Å². The molecule has 4 heteroatoms. The molecule has 0 spiro atoms. The van der Waals surface area contributed by atoms with Crippen LogP contribution in [0.25, 0.3) is 0 Å². The lowest BCUT2D eigenvalue weighted by Gasteiger charge is -2.12. The predicted molar refractivity (Wildman–Crippen MR) is 95.1 cm³/mol. The van der Waals surface area contributed by atoms with Gasteiger partial charge in [-0.25, -0.2) is 0 Å². The van der Waals surface area contributed by atoms with Gasteiger partial charge in [-0.2, -0.15) is 10.5 Å². The van der Waals surface area contributed by atoms with Crippen molar-refractivity contribution in [1.82, 2.24) is 0 Å². The van der Waals surface area contributed by atoms with Gasteiger partial charge in [-0.05, 0) is 25.0 Å². The Morgan fingerprint density at radius 2 is 1.12 bits per heavy atom. The summed E-state index contributed by atoms with van der Waals surface area (Å²) in [5.41, 5.74) is 0.554. The summed E-state index contributed by atoms with van der Waals surface area (Å²) in [7, 11) is 0. The first kappa shape index (κ1) is 19.8. The Balaban J connectivity index is 2.69. The first-order valence-corrected chi connectivity index (χ1v) is 9.01. The van der Waals surface area contributed by atoms with Crippen LogP contribution in [0.4, 0.5) is 0 Å². The summed E-state index contributed by atoms with van der Waals surface area (Å²) >= 11 is 0. The fourth-order valence-corrected chi connectivity index (χ4v) is 2.45. The minimum atomic E-state index is 0.277. The van der Waals surface area contributed by atoms with Crippen LogP contribution in [0, 0.1) is 22.7 Å². The lowest BCUT2D eigenvalue weighted by atomic mass is 10.1. The van der Waals surface area contributed by atoms with Crippen molar-refractivity contribution in [1.29, 1.82) is 10.5 Å². The van der Waals surface area contributed by atoms with Gasteiger partial charge in [-0.3, -0.25) is 0 Å². The molecule has 0 aliphatic rings. The van der Waals surface area contributed by atoms with E-state index in [1.165, 1.54) is 25.7 Å². The largest absolute Gasteiger partial charge is 0.492 e. The molecule has 0 amide bonds. The first-order chi connectivity index (χ1) is 11.8. The van der Waals surface area contributed by atoms with E-state index in [-0.39, 0.29) is 11.1 Å². The van der Waals surface area contributed by atoms with Gasteiger partial charge in [-0.1, -0.05) is 52.4 Å². The summed E-state index contributed by atoms with van der Waals surface area (Å²) < 4.78 is 11.4. The molecule has 0 fully saturated rings. The zero-order valence-corrected chi connectivity index (χ0v) is 14.9. The SMILES string of the molecule is CCCCCCOc1ccc(OCCCCCC)c(C#N)c1C#N. The fraction of sp³-hybridized carbons (Fsp3) is 0.600. The van der Waals surface area contributed by atoms with Crippen molar-refractivity contribution in [3.63, 3.8) is 0 Å². The Morgan fingerprint density at radius 3 is 1.46 bits per heavy atom. The molecule has 0 atom stereocenters. The molecule has 0 radical (unpaired) electrons. The highest BCUT2D eigenvalue weighted by Crippen LogP contribution is 2.30. The summed E-state index contributed by atoms with van der Waals surface area (Å²) in [6, 6.07) is 7.65. The van der Waals surface area contributed by atoms with Crippen LogP contribution < -0.4 is 9.47 Å². The lowest BCUT2D eigenvalue weighted by molar-refractivity contribution is 0.295. The highest BCUT2D eigenvalue weighted by atomic mass is 16.5. The first-order valence-electron chi connectivity index (χ1n) is 9.01. The summed E-state index contributed by atoms with van der Waals surface area (Å²) in [5.74, 6) is 0.952. The molecule has 0 aliphatic carbocycles. The molecule has 0 heterocycles. The average Bonchev–Trinajstić information content (AvgIpc) is 2.61. The molecular weight excluding hydrogens is 300 g/mol. The quantitative estimate of drug-likeness (QED) is 0.485. The predicted octanol–water partition coefficient (Wildman–Crippen LogP) is 5.35. The number of benzene rings is 1. The van der Waals surface area contributed by atoms with E-state index in [2.05, 4.69) is 26.0 Å². The number of ether oxygens (including phenoxy) is 2. The van der Waals surface area contributed by atoms with E-state index in [0.29, 0.717) is 24.7 Å². The third-order valence-corrected chi connectivity index (χ3v) is 3.86. The number of unbranched alkanes of at least 4 members (excludes halogenated alkanes) is 6. The van der Waals surface area contributed by atoms with Crippen LogP contribution in [-0.4, -0.2) is 13.2 Å². The maximum absolute atomic E-state index is 9.40. The van der Waals surface area contributed by atoms with Gasteiger partial charge in [-0.15, -0.1) is 0 Å². The van der Waals surface area contributed by atoms with Crippen molar-refractivity contribution < 1.29 is 9.47 Å². The van der Waals surface area contributed by atoms with Crippen LogP contribution >= 0.6 is 0 Å². The Kier molecular flexibility index (Phi) is 10.1. The fourth-order valence-electron chi connectivity index (χ4n) is 2.45. The molecule has 0 N–H and O–H groups in total. The smallest absolute Gasteiger partial charge is 0.138 e. The third kappa shape index (κ3) is 6.50. The number of nitrogens with zero attached hydrogens (tertiary/aromatic N) is 2. The second-order valence-electron chi connectivity index (χ2n) is 5.85. The highest BCUT2D eigenvalue weighted by Gasteiger charge is 2.15. The molecule has 0 saturated heterocycles. The van der Waals surface area contributed by atoms with Crippen LogP contribution in [-0.2, 0) is 0 Å². The van der Waals surface area contributed by atoms with Crippen LogP contribution in [0.5, 0.6) is 11.5 Å². The Morgan fingerprint density at radius 1 is 0.708 bits per heavy atom. The van der Waals surface area contributed by atoms with Crippen LogP contribution in [0.2, 0.25) is 0 Å². The van der Waals surface area contributed by atoms with E-state index in [1.807, 2.05) is 0 Å². The molecule has 4 nitrogen and oxygen atoms in total. The van der Waals surface area contributed by atoms with E-state index >= 15 is 0 Å². The average molecular weight is 328 g/mol. The van der Waals surface area contributed by atoms with Gasteiger partial charge in [0.15, 0.2) is 0 Å². The lowest BCUT2D eigenvalue weighted by Crippen LogP contribution is -2.04. The van der Waals surface area contributed by atoms with Gasteiger partial charge < -0.3 is 9.47 Å². The van der Waals surface area contributed by atoms with Gasteiger partial charge in [0, 0.05) is 0 Å². The second kappa shape index (κ2) is 12.3. The van der Waals surface area contributed by atoms with Gasteiger partial charge in [0.1, 0.15) is 34.8 Å². The number of nitriles is 2. The molecule has 0 bridgehead atoms. The molecule has 1 aromatic carbocycles. The van der Waals surface area contributed by atoms with Crippen LogP contribution in [0.15, 0.2) is 12.1 Å². The molecule has 24 heavy (non-hydrogen) atoms.